The number of aromatic hydroxyl groups is 1. The minimum absolute atomic E-state index is 0.0111. The lowest BCUT2D eigenvalue weighted by molar-refractivity contribution is -0.394. The van der Waals surface area contributed by atoms with Gasteiger partial charge in [-0.15, -0.1) is 0 Å². The standard InChI is InChI=1S/C15H11ClF3NO4.C7H6N2O5/c1-2-23-14-8-10(4-5-12(14)20(21)22)24-13-6-3-9(7-11(13)16)15(17,18)19;1-4-2-5(8(11)12)3-6(7(4)10)9(13)14/h3-8H,2H2,1H3;2-3,10H,1H3. The van der Waals surface area contributed by atoms with Crippen LogP contribution in [0.1, 0.15) is 18.1 Å². The lowest BCUT2D eigenvalue weighted by atomic mass is 10.1. The molecule has 0 unspecified atom stereocenters. The van der Waals surface area contributed by atoms with Gasteiger partial charge in [0.1, 0.15) is 11.5 Å². The Labute approximate surface area is 216 Å². The molecule has 0 aliphatic rings. The summed E-state index contributed by atoms with van der Waals surface area (Å²) in [5.41, 5.74) is -2.11. The molecule has 1 N–H and O–H groups in total. The molecule has 0 aliphatic heterocycles. The van der Waals surface area contributed by atoms with Crippen LogP contribution in [0.5, 0.6) is 23.0 Å². The predicted octanol–water partition coefficient (Wildman–Crippen LogP) is 6.98. The van der Waals surface area contributed by atoms with Gasteiger partial charge < -0.3 is 14.6 Å². The first kappa shape index (κ1) is 29.6. The van der Waals surface area contributed by atoms with Gasteiger partial charge in [0.25, 0.3) is 5.69 Å². The predicted molar refractivity (Wildman–Crippen MR) is 127 cm³/mol. The molecule has 0 saturated carbocycles. The number of alkyl halides is 3. The summed E-state index contributed by atoms with van der Waals surface area (Å²) >= 11 is 5.80. The zero-order chi connectivity index (χ0) is 28.8. The summed E-state index contributed by atoms with van der Waals surface area (Å²) in [6.45, 7) is 3.21. The SMILES string of the molecule is CCOc1cc(Oc2ccc(C(F)(F)F)cc2Cl)ccc1[N+](=O)[O-].Cc1cc([N+](=O)[O-])cc([N+](=O)[O-])c1O. The maximum atomic E-state index is 12.6. The topological polar surface area (TPSA) is 168 Å². The molecule has 0 bridgehead atoms. The van der Waals surface area contributed by atoms with E-state index in [4.69, 9.17) is 21.1 Å². The molecule has 12 nitrogen and oxygen atoms in total. The molecule has 0 spiro atoms. The van der Waals surface area contributed by atoms with Crippen molar-refractivity contribution in [3.8, 4) is 23.0 Å². The summed E-state index contributed by atoms with van der Waals surface area (Å²) < 4.78 is 48.4. The highest BCUT2D eigenvalue weighted by molar-refractivity contribution is 6.32. The van der Waals surface area contributed by atoms with Crippen LogP contribution in [0.2, 0.25) is 5.02 Å². The van der Waals surface area contributed by atoms with Crippen molar-refractivity contribution >= 4 is 28.7 Å². The Hall–Kier alpha value is -4.66. The van der Waals surface area contributed by atoms with Crippen LogP contribution in [-0.2, 0) is 6.18 Å². The van der Waals surface area contributed by atoms with Crippen LogP contribution >= 0.6 is 11.6 Å². The number of nitrogens with zero attached hydrogens (tertiary/aromatic N) is 3. The highest BCUT2D eigenvalue weighted by Gasteiger charge is 2.31. The number of phenols is 1. The lowest BCUT2D eigenvalue weighted by Gasteiger charge is -2.12. The molecule has 3 rings (SSSR count). The Morgan fingerprint density at radius 3 is 2.03 bits per heavy atom. The van der Waals surface area contributed by atoms with Crippen LogP contribution in [0.15, 0.2) is 48.5 Å². The molecule has 202 valence electrons. The molecular weight excluding hydrogens is 543 g/mol. The maximum Gasteiger partial charge on any atom is 0.416 e. The summed E-state index contributed by atoms with van der Waals surface area (Å²) in [5, 5.41) is 40.6. The second-order valence-electron chi connectivity index (χ2n) is 7.21. The number of hydrogen-bond acceptors (Lipinski definition) is 9. The van der Waals surface area contributed by atoms with E-state index in [1.807, 2.05) is 0 Å². The second kappa shape index (κ2) is 12.1. The Morgan fingerprint density at radius 1 is 0.895 bits per heavy atom. The maximum absolute atomic E-state index is 12.6. The van der Waals surface area contributed by atoms with Crippen LogP contribution in [-0.4, -0.2) is 26.5 Å². The zero-order valence-corrected chi connectivity index (χ0v) is 20.1. The van der Waals surface area contributed by atoms with E-state index in [-0.39, 0.29) is 40.1 Å². The first-order chi connectivity index (χ1) is 17.6. The highest BCUT2D eigenvalue weighted by Crippen LogP contribution is 2.38. The number of ether oxygens (including phenoxy) is 2. The molecule has 0 aliphatic carbocycles. The number of nitro benzene ring substituents is 3. The van der Waals surface area contributed by atoms with Crippen molar-refractivity contribution in [2.75, 3.05) is 6.61 Å². The van der Waals surface area contributed by atoms with Gasteiger partial charge >= 0.3 is 17.6 Å². The quantitative estimate of drug-likeness (QED) is 0.237. The van der Waals surface area contributed by atoms with Crippen molar-refractivity contribution in [1.29, 1.82) is 0 Å². The van der Waals surface area contributed by atoms with Gasteiger partial charge in [0, 0.05) is 23.8 Å². The molecule has 0 aromatic heterocycles. The summed E-state index contributed by atoms with van der Waals surface area (Å²) in [5.74, 6) is -0.421. The molecule has 0 radical (unpaired) electrons. The van der Waals surface area contributed by atoms with E-state index in [1.165, 1.54) is 25.1 Å². The van der Waals surface area contributed by atoms with E-state index in [0.717, 1.165) is 30.3 Å². The summed E-state index contributed by atoms with van der Waals surface area (Å²) in [7, 11) is 0. The number of nitro groups is 3. The first-order valence-corrected chi connectivity index (χ1v) is 10.6. The van der Waals surface area contributed by atoms with E-state index in [1.54, 1.807) is 6.92 Å². The Kier molecular flexibility index (Phi) is 9.38. The Bertz CT molecular complexity index is 1380. The van der Waals surface area contributed by atoms with Crippen LogP contribution in [0.3, 0.4) is 0 Å². The summed E-state index contributed by atoms with van der Waals surface area (Å²) in [6.07, 6.45) is -4.52. The molecule has 38 heavy (non-hydrogen) atoms. The monoisotopic (exact) mass is 559 g/mol. The van der Waals surface area contributed by atoms with E-state index in [0.29, 0.717) is 0 Å². The molecule has 0 fully saturated rings. The van der Waals surface area contributed by atoms with E-state index in [2.05, 4.69) is 0 Å². The number of hydrogen-bond donors (Lipinski definition) is 1. The average Bonchev–Trinajstić information content (AvgIpc) is 2.81. The number of halogens is 4. The largest absolute Gasteiger partial charge is 0.502 e. The molecule has 3 aromatic rings. The number of non-ortho nitro benzene ring substituents is 1. The van der Waals surface area contributed by atoms with Crippen LogP contribution in [0.25, 0.3) is 0 Å². The molecule has 0 saturated heterocycles. The van der Waals surface area contributed by atoms with Gasteiger partial charge in [-0.05, 0) is 38.1 Å². The highest BCUT2D eigenvalue weighted by atomic mass is 35.5. The van der Waals surface area contributed by atoms with Crippen molar-refractivity contribution in [3.63, 3.8) is 0 Å². The molecule has 3 aromatic carbocycles. The third kappa shape index (κ3) is 7.42. The number of rotatable bonds is 7. The third-order valence-electron chi connectivity index (χ3n) is 4.59. The van der Waals surface area contributed by atoms with E-state index in [9.17, 15) is 48.6 Å². The van der Waals surface area contributed by atoms with Gasteiger partial charge in [-0.2, -0.15) is 13.2 Å². The van der Waals surface area contributed by atoms with Crippen LogP contribution in [0.4, 0.5) is 30.2 Å². The fourth-order valence-electron chi connectivity index (χ4n) is 2.85. The van der Waals surface area contributed by atoms with Gasteiger partial charge in [0.15, 0.2) is 5.75 Å². The summed E-state index contributed by atoms with van der Waals surface area (Å²) in [4.78, 5) is 29.4. The number of aryl methyl sites for hydroxylation is 1. The fraction of sp³-hybridized carbons (Fsp3) is 0.182. The molecule has 0 amide bonds. The van der Waals surface area contributed by atoms with Crippen LogP contribution < -0.4 is 9.47 Å². The number of phenolic OH excluding ortho intramolecular Hbond substituents is 1. The fourth-order valence-corrected chi connectivity index (χ4v) is 3.07. The van der Waals surface area contributed by atoms with E-state index >= 15 is 0 Å². The zero-order valence-electron chi connectivity index (χ0n) is 19.4. The molecule has 16 heteroatoms. The van der Waals surface area contributed by atoms with Gasteiger partial charge in [-0.1, -0.05) is 11.6 Å². The average molecular weight is 560 g/mol. The molecule has 0 heterocycles. The smallest absolute Gasteiger partial charge is 0.416 e. The van der Waals surface area contributed by atoms with Gasteiger partial charge in [-0.3, -0.25) is 30.3 Å². The van der Waals surface area contributed by atoms with Gasteiger partial charge in [0.05, 0.1) is 38.0 Å². The van der Waals surface area contributed by atoms with E-state index < -0.39 is 43.6 Å². The van der Waals surface area contributed by atoms with Crippen molar-refractivity contribution in [3.05, 3.63) is 95.0 Å². The Morgan fingerprint density at radius 2 is 1.53 bits per heavy atom. The molecule has 0 atom stereocenters. The van der Waals surface area contributed by atoms with Gasteiger partial charge in [-0.25, -0.2) is 0 Å². The minimum atomic E-state index is -4.52. The first-order valence-electron chi connectivity index (χ1n) is 10.2. The third-order valence-corrected chi connectivity index (χ3v) is 4.88. The van der Waals surface area contributed by atoms with Crippen molar-refractivity contribution in [2.24, 2.45) is 0 Å². The lowest BCUT2D eigenvalue weighted by Crippen LogP contribution is -2.04. The normalized spacial score (nSPS) is 10.7. The van der Waals surface area contributed by atoms with Gasteiger partial charge in [0.2, 0.25) is 5.75 Å². The van der Waals surface area contributed by atoms with Crippen molar-refractivity contribution in [2.45, 2.75) is 20.0 Å². The Balaban J connectivity index is 0.000000308. The number of benzene rings is 3. The second-order valence-corrected chi connectivity index (χ2v) is 7.62. The minimum Gasteiger partial charge on any atom is -0.502 e. The molecular formula is C22H17ClF3N3O9. The van der Waals surface area contributed by atoms with Crippen molar-refractivity contribution < 1.29 is 42.5 Å². The summed E-state index contributed by atoms with van der Waals surface area (Å²) in [6, 6.07) is 8.20. The van der Waals surface area contributed by atoms with Crippen molar-refractivity contribution in [1.82, 2.24) is 0 Å². The van der Waals surface area contributed by atoms with Crippen LogP contribution in [0, 0.1) is 37.3 Å².